The largest absolute Gasteiger partial charge is 0.249 e. The van der Waals surface area contributed by atoms with Gasteiger partial charge in [0.15, 0.2) is 0 Å². The molecule has 0 saturated carbocycles. The van der Waals surface area contributed by atoms with Crippen LogP contribution in [0.2, 0.25) is 0 Å². The molecule has 0 spiro atoms. The minimum absolute atomic E-state index is 0.308. The Kier molecular flexibility index (Phi) is 3.90. The zero-order valence-corrected chi connectivity index (χ0v) is 11.7. The molecule has 0 aliphatic heterocycles. The molecule has 0 fully saturated rings. The van der Waals surface area contributed by atoms with E-state index in [0.717, 1.165) is 11.4 Å². The van der Waals surface area contributed by atoms with Crippen LogP contribution in [0.3, 0.4) is 0 Å². The molecular weight excluding hydrogens is 278 g/mol. The van der Waals surface area contributed by atoms with Crippen molar-refractivity contribution < 1.29 is 0 Å². The normalized spacial score (nSPS) is 10.3. The van der Waals surface area contributed by atoms with Gasteiger partial charge in [-0.2, -0.15) is 15.0 Å². The molecule has 0 unspecified atom stereocenters. The fraction of sp³-hybridized carbons (Fsp3) is 0. The van der Waals surface area contributed by atoms with Gasteiger partial charge in [-0.25, -0.2) is 21.7 Å². The molecule has 110 valence electrons. The second kappa shape index (κ2) is 6.17. The number of nitrogens with two attached hydrogens (primary N) is 2. The summed E-state index contributed by atoms with van der Waals surface area (Å²) in [4.78, 5) is 12.5. The lowest BCUT2D eigenvalue weighted by atomic mass is 10.3. The number of anilines is 4. The smallest absolute Gasteiger partial charge is 0.246 e. The molecule has 0 radical (unpaired) electrons. The molecule has 0 aliphatic carbocycles. The van der Waals surface area contributed by atoms with E-state index < -0.39 is 0 Å². The third kappa shape index (κ3) is 2.85. The molecule has 3 aromatic rings. The summed E-state index contributed by atoms with van der Waals surface area (Å²) >= 11 is 0. The predicted octanol–water partition coefficient (Wildman–Crippen LogP) is 1.90. The molecule has 0 atom stereocenters. The van der Waals surface area contributed by atoms with Gasteiger partial charge in [0.25, 0.3) is 0 Å². The summed E-state index contributed by atoms with van der Waals surface area (Å²) in [5, 5.41) is 2.76. The summed E-state index contributed by atoms with van der Waals surface area (Å²) < 4.78 is 0. The first-order valence-corrected chi connectivity index (χ1v) is 6.64. The van der Waals surface area contributed by atoms with Crippen LogP contribution in [0.5, 0.6) is 0 Å². The highest BCUT2D eigenvalue weighted by molar-refractivity contribution is 5.58. The van der Waals surface area contributed by atoms with Crippen LogP contribution in [0.1, 0.15) is 0 Å². The summed E-state index contributed by atoms with van der Waals surface area (Å²) in [7, 11) is 0. The maximum Gasteiger partial charge on any atom is 0.249 e. The molecule has 7 nitrogen and oxygen atoms in total. The van der Waals surface area contributed by atoms with Crippen molar-refractivity contribution in [3.63, 3.8) is 0 Å². The first-order chi connectivity index (χ1) is 10.8. The monoisotopic (exact) mass is 293 g/mol. The SMILES string of the molecule is NN(c1ccccc1)c1ncnc(N(N)c2ccccc2)n1. The van der Waals surface area contributed by atoms with Crippen LogP contribution in [-0.4, -0.2) is 15.0 Å². The number of hydrogen-bond acceptors (Lipinski definition) is 7. The lowest BCUT2D eigenvalue weighted by Gasteiger charge is -2.19. The van der Waals surface area contributed by atoms with E-state index in [0.29, 0.717) is 11.9 Å². The third-order valence-electron chi connectivity index (χ3n) is 3.05. The van der Waals surface area contributed by atoms with E-state index >= 15 is 0 Å². The number of rotatable bonds is 4. The highest BCUT2D eigenvalue weighted by Crippen LogP contribution is 2.21. The van der Waals surface area contributed by atoms with Crippen molar-refractivity contribution in [1.29, 1.82) is 0 Å². The van der Waals surface area contributed by atoms with Gasteiger partial charge >= 0.3 is 0 Å². The van der Waals surface area contributed by atoms with E-state index in [1.807, 2.05) is 60.7 Å². The fourth-order valence-electron chi connectivity index (χ4n) is 1.92. The molecule has 0 bridgehead atoms. The minimum atomic E-state index is 0.308. The second-order valence-corrected chi connectivity index (χ2v) is 4.50. The number of aromatic nitrogens is 3. The summed E-state index contributed by atoms with van der Waals surface area (Å²) in [6.07, 6.45) is 1.38. The van der Waals surface area contributed by atoms with Gasteiger partial charge in [0, 0.05) is 0 Å². The number of nitrogens with zero attached hydrogens (tertiary/aromatic N) is 5. The molecule has 7 heteroatoms. The van der Waals surface area contributed by atoms with Gasteiger partial charge < -0.3 is 0 Å². The zero-order valence-electron chi connectivity index (χ0n) is 11.7. The van der Waals surface area contributed by atoms with Crippen LogP contribution in [0.15, 0.2) is 67.0 Å². The van der Waals surface area contributed by atoms with E-state index in [2.05, 4.69) is 15.0 Å². The quantitative estimate of drug-likeness (QED) is 0.560. The van der Waals surface area contributed by atoms with Crippen LogP contribution < -0.4 is 21.7 Å². The molecule has 1 heterocycles. The van der Waals surface area contributed by atoms with Gasteiger partial charge in [0.1, 0.15) is 6.33 Å². The summed E-state index contributed by atoms with van der Waals surface area (Å²) in [5.74, 6) is 12.7. The lowest BCUT2D eigenvalue weighted by Crippen LogP contribution is -2.30. The maximum atomic E-state index is 6.05. The molecule has 3 rings (SSSR count). The van der Waals surface area contributed by atoms with Gasteiger partial charge in [-0.05, 0) is 24.3 Å². The summed E-state index contributed by atoms with van der Waals surface area (Å²) in [6, 6.07) is 18.8. The molecule has 0 amide bonds. The topological polar surface area (TPSA) is 97.2 Å². The highest BCUT2D eigenvalue weighted by atomic mass is 15.5. The Morgan fingerprint density at radius 1 is 0.636 bits per heavy atom. The van der Waals surface area contributed by atoms with Crippen LogP contribution in [0.25, 0.3) is 0 Å². The fourth-order valence-corrected chi connectivity index (χ4v) is 1.92. The second-order valence-electron chi connectivity index (χ2n) is 4.50. The number of benzene rings is 2. The van der Waals surface area contributed by atoms with Gasteiger partial charge in [0.05, 0.1) is 11.4 Å². The van der Waals surface area contributed by atoms with Gasteiger partial charge in [-0.1, -0.05) is 36.4 Å². The lowest BCUT2D eigenvalue weighted by molar-refractivity contribution is 0.901. The Balaban J connectivity index is 1.90. The van der Waals surface area contributed by atoms with Crippen molar-refractivity contribution in [2.45, 2.75) is 0 Å². The standard InChI is InChI=1S/C15H15N7/c16-21(12-7-3-1-4-8-12)14-18-11-19-15(20-14)22(17)13-9-5-2-6-10-13/h1-11H,16-17H2. The number of hydrazine groups is 2. The maximum absolute atomic E-state index is 6.05. The highest BCUT2D eigenvalue weighted by Gasteiger charge is 2.12. The van der Waals surface area contributed by atoms with Crippen molar-refractivity contribution in [2.24, 2.45) is 11.7 Å². The average molecular weight is 293 g/mol. The Labute approximate surface area is 127 Å². The van der Waals surface area contributed by atoms with Crippen LogP contribution >= 0.6 is 0 Å². The summed E-state index contributed by atoms with van der Waals surface area (Å²) in [6.45, 7) is 0. The molecular formula is C15H15N7. The van der Waals surface area contributed by atoms with Gasteiger partial charge in [-0.3, -0.25) is 0 Å². The van der Waals surface area contributed by atoms with Crippen molar-refractivity contribution in [3.8, 4) is 0 Å². The Morgan fingerprint density at radius 2 is 1.05 bits per heavy atom. The molecule has 0 saturated heterocycles. The van der Waals surface area contributed by atoms with E-state index in [1.165, 1.54) is 16.3 Å². The predicted molar refractivity (Wildman–Crippen MR) is 85.4 cm³/mol. The van der Waals surface area contributed by atoms with E-state index in [1.54, 1.807) is 0 Å². The summed E-state index contributed by atoms with van der Waals surface area (Å²) in [5.41, 5.74) is 1.53. The van der Waals surface area contributed by atoms with Crippen molar-refractivity contribution in [3.05, 3.63) is 67.0 Å². The van der Waals surface area contributed by atoms with Crippen molar-refractivity contribution >= 4 is 23.3 Å². The Morgan fingerprint density at radius 3 is 1.45 bits per heavy atom. The molecule has 4 N–H and O–H groups in total. The molecule has 2 aromatic carbocycles. The Bertz CT molecular complexity index is 672. The minimum Gasteiger partial charge on any atom is -0.246 e. The first kappa shape index (κ1) is 13.9. The van der Waals surface area contributed by atoms with Gasteiger partial charge in [0.2, 0.25) is 11.9 Å². The first-order valence-electron chi connectivity index (χ1n) is 6.64. The van der Waals surface area contributed by atoms with Crippen molar-refractivity contribution in [2.75, 3.05) is 10.0 Å². The molecule has 1 aromatic heterocycles. The number of para-hydroxylation sites is 2. The molecule has 0 aliphatic rings. The van der Waals surface area contributed by atoms with Crippen LogP contribution in [-0.2, 0) is 0 Å². The number of hydrogen-bond donors (Lipinski definition) is 2. The zero-order chi connectivity index (χ0) is 15.4. The van der Waals surface area contributed by atoms with Gasteiger partial charge in [-0.15, -0.1) is 0 Å². The Hall–Kier alpha value is -3.03. The average Bonchev–Trinajstić information content (AvgIpc) is 2.62. The third-order valence-corrected chi connectivity index (χ3v) is 3.05. The van der Waals surface area contributed by atoms with Crippen LogP contribution in [0, 0.1) is 0 Å². The van der Waals surface area contributed by atoms with Crippen LogP contribution in [0.4, 0.5) is 23.3 Å². The van der Waals surface area contributed by atoms with E-state index in [4.69, 9.17) is 11.7 Å². The van der Waals surface area contributed by atoms with E-state index in [-0.39, 0.29) is 0 Å². The molecule has 22 heavy (non-hydrogen) atoms. The van der Waals surface area contributed by atoms with Crippen molar-refractivity contribution in [1.82, 2.24) is 15.0 Å². The van der Waals surface area contributed by atoms with E-state index in [9.17, 15) is 0 Å².